The van der Waals surface area contributed by atoms with Crippen LogP contribution in [0.2, 0.25) is 0 Å². The van der Waals surface area contributed by atoms with E-state index in [4.69, 9.17) is 42.6 Å². The van der Waals surface area contributed by atoms with Crippen LogP contribution >= 0.6 is 0 Å². The quantitative estimate of drug-likeness (QED) is 0.0363. The van der Waals surface area contributed by atoms with Crippen LogP contribution in [-0.2, 0) is 20.6 Å². The van der Waals surface area contributed by atoms with Gasteiger partial charge in [-0.05, 0) is 107 Å². The molecule has 0 unspecified atom stereocenters. The maximum absolute atomic E-state index is 14.2. The van der Waals surface area contributed by atoms with Gasteiger partial charge in [0.2, 0.25) is 6.29 Å². The van der Waals surface area contributed by atoms with Gasteiger partial charge in [-0.3, -0.25) is 0 Å². The predicted molar refractivity (Wildman–Crippen MR) is 459 cm³/mol. The van der Waals surface area contributed by atoms with E-state index < -0.39 is 391 Å². The molecule has 12 aromatic carbocycles. The van der Waals surface area contributed by atoms with Crippen molar-refractivity contribution >= 4 is 11.9 Å². The zero-order valence-corrected chi connectivity index (χ0v) is 70.5. The third kappa shape index (κ3) is 15.5. The normalized spacial score (nSPS) is 24.4. The van der Waals surface area contributed by atoms with Crippen LogP contribution in [0.1, 0.15) is 153 Å². The number of ether oxygens (including phenoxy) is 9. The van der Waals surface area contributed by atoms with E-state index in [9.17, 15) is 178 Å². The second kappa shape index (κ2) is 34.3. The highest BCUT2D eigenvalue weighted by molar-refractivity contribution is 5.92. The zero-order chi connectivity index (χ0) is 99.6. The summed E-state index contributed by atoms with van der Waals surface area (Å²) < 4.78 is 56.4. The molecule has 12 aromatic rings. The number of hydrogen-bond acceptors (Lipinski definition) is 44. The van der Waals surface area contributed by atoms with Crippen LogP contribution in [0.4, 0.5) is 0 Å². The van der Waals surface area contributed by atoms with E-state index in [-0.39, 0.29) is 22.3 Å². The van der Waals surface area contributed by atoms with E-state index in [2.05, 4.69) is 0 Å². The first kappa shape index (κ1) is 92.3. The van der Waals surface area contributed by atoms with E-state index in [0.29, 0.717) is 48.5 Å². The molecule has 139 heavy (non-hydrogen) atoms. The van der Waals surface area contributed by atoms with Gasteiger partial charge < -0.3 is 211 Å². The molecule has 44 nitrogen and oxygen atoms in total. The van der Waals surface area contributed by atoms with Gasteiger partial charge in [0.1, 0.15) is 148 Å². The summed E-state index contributed by atoms with van der Waals surface area (Å²) in [6.07, 6.45) is -33.1. The number of fused-ring (bicyclic) bond motifs is 5. The number of aliphatic hydroxyl groups is 7. The molecule has 33 N–H and O–H groups in total. The van der Waals surface area contributed by atoms with Gasteiger partial charge in [0.05, 0.1) is 34.8 Å². The van der Waals surface area contributed by atoms with E-state index in [1.165, 1.54) is 0 Å². The lowest BCUT2D eigenvalue weighted by atomic mass is 9.71. The minimum Gasteiger partial charge on any atom is -0.507 e. The van der Waals surface area contributed by atoms with Gasteiger partial charge in [0.25, 0.3) is 0 Å². The van der Waals surface area contributed by atoms with Crippen molar-refractivity contribution in [2.75, 3.05) is 6.61 Å². The van der Waals surface area contributed by atoms with Crippen molar-refractivity contribution < 1.29 is 221 Å². The summed E-state index contributed by atoms with van der Waals surface area (Å²) in [5.41, 5.74) is -9.55. The molecule has 6 heterocycles. The summed E-state index contributed by atoms with van der Waals surface area (Å²) in [6, 6.07) is 20.0. The van der Waals surface area contributed by atoms with E-state index in [1.54, 1.807) is 0 Å². The lowest BCUT2D eigenvalue weighted by Crippen LogP contribution is -2.60. The highest BCUT2D eigenvalue weighted by atomic mass is 16.7. The van der Waals surface area contributed by atoms with Gasteiger partial charge in [-0.15, -0.1) is 0 Å². The molecule has 44 heteroatoms. The van der Waals surface area contributed by atoms with Crippen LogP contribution < -0.4 is 28.4 Å². The molecule has 18 rings (SSSR count). The topological polar surface area (TPSA) is 785 Å². The van der Waals surface area contributed by atoms with E-state index in [0.717, 1.165) is 97.1 Å². The van der Waals surface area contributed by atoms with Crippen molar-refractivity contribution in [2.45, 2.75) is 122 Å². The van der Waals surface area contributed by atoms with Gasteiger partial charge in [-0.2, -0.15) is 0 Å². The number of aliphatic hydroxyl groups excluding tert-OH is 7. The molecule has 724 valence electrons. The van der Waals surface area contributed by atoms with Gasteiger partial charge in [0.15, 0.2) is 128 Å². The Morgan fingerprint density at radius 2 is 0.583 bits per heavy atom. The van der Waals surface area contributed by atoms with Crippen LogP contribution in [0.3, 0.4) is 0 Å². The second-order valence-electron chi connectivity index (χ2n) is 33.8. The Kier molecular flexibility index (Phi) is 22.8. The Labute approximate surface area is 776 Å². The van der Waals surface area contributed by atoms with E-state index >= 15 is 0 Å². The maximum atomic E-state index is 14.2. The molecular weight excluding hydrogens is 1850 g/mol. The van der Waals surface area contributed by atoms with Crippen LogP contribution in [0.25, 0.3) is 0 Å². The summed E-state index contributed by atoms with van der Waals surface area (Å²) in [4.78, 5) is 27.4. The summed E-state index contributed by atoms with van der Waals surface area (Å²) in [6.45, 7) is -0.971. The molecule has 0 aliphatic carbocycles. The predicted octanol–water partition coefficient (Wildman–Crippen LogP) is 6.48. The third-order valence-electron chi connectivity index (χ3n) is 25.4. The lowest BCUT2D eigenvalue weighted by Gasteiger charge is -2.45. The third-order valence-corrected chi connectivity index (χ3v) is 25.4. The molecule has 0 amide bonds. The molecule has 0 aromatic heterocycles. The van der Waals surface area contributed by atoms with Crippen LogP contribution in [0, 0.1) is 0 Å². The molecule has 6 aliphatic heterocycles. The zero-order valence-electron chi connectivity index (χ0n) is 70.5. The first-order valence-electron chi connectivity index (χ1n) is 41.7. The fraction of sp³-hybridized carbons (Fsp3) is 0.221. The molecule has 0 radical (unpaired) electrons. The monoisotopic (exact) mass is 1920 g/mol. The molecule has 6 aliphatic rings. The minimum atomic E-state index is -2.48. The van der Waals surface area contributed by atoms with Crippen molar-refractivity contribution in [2.24, 2.45) is 0 Å². The van der Waals surface area contributed by atoms with Crippen molar-refractivity contribution in [1.29, 1.82) is 0 Å². The number of carbonyl (C=O) groups excluding carboxylic acids is 2. The molecule has 0 bridgehead atoms. The second-order valence-corrected chi connectivity index (χ2v) is 33.8. The molecule has 0 saturated carbocycles. The van der Waals surface area contributed by atoms with Gasteiger partial charge in [-0.25, -0.2) is 9.59 Å². The highest BCUT2D eigenvalue weighted by Crippen LogP contribution is 2.68. The van der Waals surface area contributed by atoms with Crippen molar-refractivity contribution in [1.82, 2.24) is 0 Å². The number of esters is 2. The Morgan fingerprint density at radius 3 is 0.950 bits per heavy atom. The average Bonchev–Trinajstić information content (AvgIpc) is 0.682. The smallest absolute Gasteiger partial charge is 0.338 e. The standard InChI is InChI=1S/C95H80O44/c96-36-5-1-27(9-41(36)101)85-78(123)70(62-45(105)19-34(20-59(62)133-85)132-95-83(128)82(127)77(122)61(135-95)26-131-93(129)32-15-55(115)75(120)56(116)16-32)64-47(107)23-49(109)66-72(80(125)87(137-90(64)66)29-3-7-38(98)43(103)11-29)68-51(111)25-52(112)69-73(81(126)88(139-92(68)69)30-4-8-39(99)44(104)12-30)67-50(110)24-48(108)65-71(79(124)86(138-91(65)67)28-2-6-37(97)42(102)10-28)63-46(106)22-40(100)35-21-60(134-94(130)33-17-57(117)76(121)58(118)18-33)84(136-89(35)63)31-13-53(113)74(119)54(114)14-31/h1-20,22-25,60-61,70-73,77-88,95-128H,21,26H2/t60-,61-,70+,71-,72+,73-,77-,78+,79+,80+,81+,82+,83-,84-,85-,86-,87+,88-,95-/m1/s1. The largest absolute Gasteiger partial charge is 0.507 e. The molecule has 19 atom stereocenters. The van der Waals surface area contributed by atoms with Crippen molar-refractivity contribution in [3.8, 4) is 184 Å². The van der Waals surface area contributed by atoms with E-state index in [1.807, 2.05) is 0 Å². The van der Waals surface area contributed by atoms with Crippen LogP contribution in [0.5, 0.6) is 184 Å². The number of carbonyl (C=O) groups is 2. The first-order valence-corrected chi connectivity index (χ1v) is 41.7. The number of rotatable bonds is 16. The van der Waals surface area contributed by atoms with Crippen LogP contribution in [0.15, 0.2) is 146 Å². The van der Waals surface area contributed by atoms with Crippen LogP contribution in [-0.4, -0.2) is 248 Å². The fourth-order valence-electron chi connectivity index (χ4n) is 18.8. The average molecular weight is 1930 g/mol. The SMILES string of the molecule is O=C(OC[C@H]1O[C@@H](Oc2cc(O)c3c(c2)O[C@H](c2ccc(O)c(O)c2)[C@@H](O)[C@@H]3c2c(O)cc(O)c3c2O[C@@H](c2ccc(O)c(O)c2)[C@@H](O)[C@@H]3c2c(O)cc(O)c3c2O[C@H](c2ccc(O)c(O)c2)[C@@H](O)[C@@H]3c2c(O)cc(O)c3c2O[C@H](c2ccc(O)c(O)c2)[C@@H](O)[C@@H]3c2c(O)cc(O)c3c2O[C@H](c2cc(O)c(O)c(O)c2)[C@H](OC(=O)c2cc(O)c(O)c(O)c2)C3)[C@H](O)[C@@H](O)[C@@H]1O)c1cc(O)c(O)c(O)c1. The van der Waals surface area contributed by atoms with Gasteiger partial charge in [0, 0.05) is 98.5 Å². The number of aromatic hydroxyl groups is 26. The molecule has 1 fully saturated rings. The Balaban J connectivity index is 0.829. The first-order chi connectivity index (χ1) is 65.9. The summed E-state index contributed by atoms with van der Waals surface area (Å²) in [7, 11) is 0. The fourth-order valence-corrected chi connectivity index (χ4v) is 18.8. The molecule has 0 spiro atoms. The lowest BCUT2D eigenvalue weighted by molar-refractivity contribution is -0.277. The number of phenolic OH excluding ortho intramolecular Hbond substituents is 26. The maximum Gasteiger partial charge on any atom is 0.338 e. The molecular formula is C95H80O44. The summed E-state index contributed by atoms with van der Waals surface area (Å²) in [5, 5.41) is 385. The highest BCUT2D eigenvalue weighted by Gasteiger charge is 2.57. The summed E-state index contributed by atoms with van der Waals surface area (Å²) >= 11 is 0. The Bertz CT molecular complexity index is 6990. The molecule has 1 saturated heterocycles. The minimum absolute atomic E-state index is 0.228. The Hall–Kier alpha value is -17.1. The van der Waals surface area contributed by atoms with Gasteiger partial charge in [-0.1, -0.05) is 24.3 Å². The number of benzene rings is 12. The van der Waals surface area contributed by atoms with Crippen molar-refractivity contribution in [3.63, 3.8) is 0 Å². The van der Waals surface area contributed by atoms with Gasteiger partial charge >= 0.3 is 11.9 Å². The Morgan fingerprint density at radius 1 is 0.273 bits per heavy atom. The number of hydrogen-bond donors (Lipinski definition) is 33. The summed E-state index contributed by atoms with van der Waals surface area (Å²) in [5.74, 6) is -42.2. The van der Waals surface area contributed by atoms with Crippen molar-refractivity contribution in [3.05, 3.63) is 235 Å². The number of phenols is 26.